The van der Waals surface area contributed by atoms with Gasteiger partial charge in [0.15, 0.2) is 0 Å². The van der Waals surface area contributed by atoms with E-state index in [0.717, 1.165) is 0 Å². The number of carbonyl (C=O) groups is 1. The van der Waals surface area contributed by atoms with Gasteiger partial charge in [-0.3, -0.25) is 0 Å². The van der Waals surface area contributed by atoms with E-state index < -0.39 is 5.43 Å². The van der Waals surface area contributed by atoms with Crippen molar-refractivity contribution in [1.82, 2.24) is 0 Å². The molecule has 0 aromatic heterocycles. The zero-order chi connectivity index (χ0) is 5.70. The highest BCUT2D eigenvalue weighted by Crippen LogP contribution is 1.82. The zero-order valence-corrected chi connectivity index (χ0v) is 4.96. The van der Waals surface area contributed by atoms with Crippen LogP contribution in [0.25, 0.3) is 0 Å². The molecular formula is C3H3ClO2S. The second-order valence-electron chi connectivity index (χ2n) is 0.715. The van der Waals surface area contributed by atoms with E-state index in [1.807, 2.05) is 0 Å². The van der Waals surface area contributed by atoms with Crippen molar-refractivity contribution in [3.63, 3.8) is 0 Å². The van der Waals surface area contributed by atoms with Crippen LogP contribution in [-0.4, -0.2) is 17.4 Å². The number of ether oxygens (including phenoxy) is 1. The summed E-state index contributed by atoms with van der Waals surface area (Å²) in [7, 11) is 0. The molecule has 0 N–H and O–H groups in total. The largest absolute Gasteiger partial charge is 0.449 e. The molecule has 0 unspecified atom stereocenters. The zero-order valence-electron chi connectivity index (χ0n) is 3.39. The Balaban J connectivity index is 2.97. The summed E-state index contributed by atoms with van der Waals surface area (Å²) >= 11 is 9.04. The maximum Gasteiger partial charge on any atom is 0.404 e. The minimum atomic E-state index is -0.818. The predicted molar refractivity (Wildman–Crippen MR) is 30.9 cm³/mol. The highest BCUT2D eigenvalue weighted by Gasteiger charge is 1.88. The number of hydrogen-bond donors (Lipinski definition) is 0. The van der Waals surface area contributed by atoms with E-state index in [-0.39, 0.29) is 6.61 Å². The normalized spacial score (nSPS) is 7.57. The molecule has 0 rings (SSSR count). The molecule has 0 fully saturated rings. The molecule has 40 valence electrons. The Bertz CT molecular complexity index is 83.0. The Morgan fingerprint density at radius 1 is 2.00 bits per heavy atom. The molecule has 0 aliphatic heterocycles. The van der Waals surface area contributed by atoms with Gasteiger partial charge < -0.3 is 4.74 Å². The minimum Gasteiger partial charge on any atom is -0.449 e. The van der Waals surface area contributed by atoms with Crippen LogP contribution in [0.1, 0.15) is 0 Å². The maximum atomic E-state index is 9.68. The van der Waals surface area contributed by atoms with E-state index in [1.54, 1.807) is 0 Å². The van der Waals surface area contributed by atoms with Gasteiger partial charge in [-0.2, -0.15) is 0 Å². The third kappa shape index (κ3) is 5.85. The van der Waals surface area contributed by atoms with Crippen molar-refractivity contribution in [2.45, 2.75) is 0 Å². The smallest absolute Gasteiger partial charge is 0.404 e. The summed E-state index contributed by atoms with van der Waals surface area (Å²) in [5.74, 6) is 0. The van der Waals surface area contributed by atoms with Gasteiger partial charge in [-0.15, -0.1) is 0 Å². The summed E-state index contributed by atoms with van der Waals surface area (Å²) in [4.78, 5) is 9.68. The number of rotatable bonds is 2. The molecule has 0 heterocycles. The Morgan fingerprint density at radius 3 is 2.71 bits per heavy atom. The van der Waals surface area contributed by atoms with Gasteiger partial charge in [0.25, 0.3) is 0 Å². The van der Waals surface area contributed by atoms with Crippen LogP contribution in [0.15, 0.2) is 0 Å². The van der Waals surface area contributed by atoms with Gasteiger partial charge in [0, 0.05) is 17.0 Å². The quantitative estimate of drug-likeness (QED) is 0.426. The lowest BCUT2D eigenvalue weighted by atomic mass is 10.9. The Morgan fingerprint density at radius 2 is 2.57 bits per heavy atom. The summed E-state index contributed by atoms with van der Waals surface area (Å²) < 4.78 is 4.16. The Kier molecular flexibility index (Phi) is 3.93. The average Bonchev–Trinajstić information content (AvgIpc) is 1.61. The first-order valence-corrected chi connectivity index (χ1v) is 2.38. The van der Waals surface area contributed by atoms with E-state index in [9.17, 15) is 4.79 Å². The molecular weight excluding hydrogens is 136 g/mol. The second-order valence-corrected chi connectivity index (χ2v) is 1.36. The molecule has 0 aliphatic carbocycles. The van der Waals surface area contributed by atoms with Gasteiger partial charge in [0.1, 0.15) is 6.61 Å². The van der Waals surface area contributed by atoms with E-state index in [2.05, 4.69) is 17.0 Å². The highest BCUT2D eigenvalue weighted by molar-refractivity contribution is 7.79. The van der Waals surface area contributed by atoms with Gasteiger partial charge in [-0.1, -0.05) is 12.2 Å². The van der Waals surface area contributed by atoms with E-state index in [0.29, 0.717) is 0 Å². The first kappa shape index (κ1) is 6.85. The van der Waals surface area contributed by atoms with Gasteiger partial charge in [-0.25, -0.2) is 4.79 Å². The molecule has 0 saturated carbocycles. The minimum absolute atomic E-state index is 0.109. The molecule has 4 heteroatoms. The van der Waals surface area contributed by atoms with Crippen molar-refractivity contribution in [2.24, 2.45) is 0 Å². The predicted octanol–water partition coefficient (Wildman–Crippen LogP) is 1.36. The van der Waals surface area contributed by atoms with Crippen molar-refractivity contribution >= 4 is 34.6 Å². The van der Waals surface area contributed by atoms with Crippen LogP contribution in [0.5, 0.6) is 0 Å². The fourth-order valence-electron chi connectivity index (χ4n) is 0.0995. The standard InChI is InChI=1S/C3H3ClO2S/c4-3(5)6-1-2-7/h2H,1H2. The third-order valence-electron chi connectivity index (χ3n) is 0.265. The Hall–Kier alpha value is -0.150. The third-order valence-corrected chi connectivity index (χ3v) is 0.510. The first-order valence-electron chi connectivity index (χ1n) is 1.53. The number of thiocarbonyl (C=S) groups is 1. The van der Waals surface area contributed by atoms with E-state index in [1.165, 1.54) is 5.37 Å². The summed E-state index contributed by atoms with van der Waals surface area (Å²) in [5, 5.41) is 1.28. The lowest BCUT2D eigenvalue weighted by Gasteiger charge is -1.87. The van der Waals surface area contributed by atoms with Gasteiger partial charge >= 0.3 is 5.43 Å². The summed E-state index contributed by atoms with van der Waals surface area (Å²) in [6.45, 7) is 0.109. The molecule has 0 saturated heterocycles. The van der Waals surface area contributed by atoms with E-state index >= 15 is 0 Å². The van der Waals surface area contributed by atoms with Crippen LogP contribution in [0, 0.1) is 0 Å². The summed E-state index contributed by atoms with van der Waals surface area (Å²) in [6.07, 6.45) is 0. The monoisotopic (exact) mass is 138 g/mol. The molecule has 0 radical (unpaired) electrons. The van der Waals surface area contributed by atoms with Crippen LogP contribution in [-0.2, 0) is 4.74 Å². The van der Waals surface area contributed by atoms with Crippen molar-refractivity contribution in [1.29, 1.82) is 0 Å². The Labute approximate surface area is 51.4 Å². The number of halogens is 1. The SMILES string of the molecule is O=C(Cl)OCC=S. The lowest BCUT2D eigenvalue weighted by Crippen LogP contribution is -1.94. The molecule has 2 nitrogen and oxygen atoms in total. The van der Waals surface area contributed by atoms with Gasteiger partial charge in [-0.05, 0) is 0 Å². The summed E-state index contributed by atoms with van der Waals surface area (Å²) in [5.41, 5.74) is -0.818. The van der Waals surface area contributed by atoms with E-state index in [4.69, 9.17) is 11.6 Å². The second kappa shape index (κ2) is 4.02. The molecule has 0 atom stereocenters. The molecule has 0 bridgehead atoms. The van der Waals surface area contributed by atoms with Crippen LogP contribution in [0.2, 0.25) is 0 Å². The van der Waals surface area contributed by atoms with Crippen molar-refractivity contribution in [2.75, 3.05) is 6.61 Å². The summed E-state index contributed by atoms with van der Waals surface area (Å²) in [6, 6.07) is 0. The molecule has 0 aliphatic rings. The molecule has 0 aromatic rings. The van der Waals surface area contributed by atoms with Crippen LogP contribution in [0.4, 0.5) is 4.79 Å². The highest BCUT2D eigenvalue weighted by atomic mass is 35.5. The average molecular weight is 139 g/mol. The molecule has 0 amide bonds. The van der Waals surface area contributed by atoms with Crippen molar-refractivity contribution < 1.29 is 9.53 Å². The first-order chi connectivity index (χ1) is 3.27. The maximum absolute atomic E-state index is 9.68. The van der Waals surface area contributed by atoms with Gasteiger partial charge in [0.05, 0.1) is 0 Å². The fourth-order valence-corrected chi connectivity index (χ4v) is 0.231. The molecule has 0 aromatic carbocycles. The van der Waals surface area contributed by atoms with Crippen LogP contribution < -0.4 is 0 Å². The number of hydrogen-bond acceptors (Lipinski definition) is 3. The van der Waals surface area contributed by atoms with Crippen molar-refractivity contribution in [3.8, 4) is 0 Å². The molecule has 7 heavy (non-hydrogen) atoms. The van der Waals surface area contributed by atoms with Gasteiger partial charge in [0.2, 0.25) is 0 Å². The van der Waals surface area contributed by atoms with Crippen molar-refractivity contribution in [3.05, 3.63) is 0 Å². The molecule has 0 spiro atoms. The fraction of sp³-hybridized carbons (Fsp3) is 0.333. The van der Waals surface area contributed by atoms with Crippen LogP contribution >= 0.6 is 23.8 Å². The number of carbonyl (C=O) groups excluding carboxylic acids is 1. The lowest BCUT2D eigenvalue weighted by molar-refractivity contribution is 0.191. The van der Waals surface area contributed by atoms with Crippen LogP contribution in [0.3, 0.4) is 0 Å². The topological polar surface area (TPSA) is 26.3 Å².